The van der Waals surface area contributed by atoms with Crippen LogP contribution in [0.1, 0.15) is 12.8 Å². The van der Waals surface area contributed by atoms with E-state index in [0.29, 0.717) is 18.0 Å². The summed E-state index contributed by atoms with van der Waals surface area (Å²) in [5.74, 6) is 0.244. The highest BCUT2D eigenvalue weighted by Gasteiger charge is 2.28. The van der Waals surface area contributed by atoms with Gasteiger partial charge in [0.15, 0.2) is 0 Å². The predicted molar refractivity (Wildman–Crippen MR) is 77.7 cm³/mol. The van der Waals surface area contributed by atoms with Gasteiger partial charge in [-0.3, -0.25) is 0 Å². The van der Waals surface area contributed by atoms with Gasteiger partial charge in [0.2, 0.25) is 10.0 Å². The summed E-state index contributed by atoms with van der Waals surface area (Å²) in [6.07, 6.45) is 1.47. The van der Waals surface area contributed by atoms with Crippen molar-refractivity contribution >= 4 is 32.6 Å². The molecule has 0 saturated carbocycles. The zero-order valence-electron chi connectivity index (χ0n) is 9.92. The van der Waals surface area contributed by atoms with Crippen LogP contribution >= 0.6 is 22.6 Å². The average molecular weight is 381 g/mol. The van der Waals surface area contributed by atoms with Crippen molar-refractivity contribution in [1.82, 2.24) is 4.31 Å². The maximum atomic E-state index is 12.4. The van der Waals surface area contributed by atoms with Crippen LogP contribution in [0.4, 0.5) is 0 Å². The van der Waals surface area contributed by atoms with E-state index in [9.17, 15) is 8.42 Å². The van der Waals surface area contributed by atoms with E-state index in [0.717, 1.165) is 16.4 Å². The molecule has 1 aromatic rings. The highest BCUT2D eigenvalue weighted by Crippen LogP contribution is 2.23. The van der Waals surface area contributed by atoms with Crippen molar-refractivity contribution in [1.29, 1.82) is 0 Å². The van der Waals surface area contributed by atoms with Gasteiger partial charge in [0.05, 0.1) is 4.90 Å². The van der Waals surface area contributed by atoms with Gasteiger partial charge in [0.25, 0.3) is 0 Å². The third-order valence-electron chi connectivity index (χ3n) is 3.28. The number of halogens is 1. The minimum atomic E-state index is -3.36. The van der Waals surface area contributed by atoms with Crippen LogP contribution in [0.2, 0.25) is 0 Å². The number of rotatable bonds is 3. The highest BCUT2D eigenvalue weighted by atomic mass is 127. The second kappa shape index (κ2) is 5.85. The molecule has 1 saturated heterocycles. The molecule has 0 radical (unpaired) electrons. The smallest absolute Gasteiger partial charge is 0.243 e. The van der Waals surface area contributed by atoms with Crippen LogP contribution in [0.15, 0.2) is 29.2 Å². The molecule has 0 bridgehead atoms. The van der Waals surface area contributed by atoms with E-state index in [2.05, 4.69) is 22.6 Å². The van der Waals surface area contributed by atoms with E-state index in [4.69, 9.17) is 5.11 Å². The van der Waals surface area contributed by atoms with Crippen LogP contribution in [-0.2, 0) is 10.0 Å². The van der Waals surface area contributed by atoms with Crippen molar-refractivity contribution < 1.29 is 13.5 Å². The van der Waals surface area contributed by atoms with E-state index < -0.39 is 10.0 Å². The Kier molecular flexibility index (Phi) is 4.63. The molecular weight excluding hydrogens is 365 g/mol. The first-order valence-electron chi connectivity index (χ1n) is 5.90. The second-order valence-electron chi connectivity index (χ2n) is 4.48. The van der Waals surface area contributed by atoms with Crippen LogP contribution in [0.3, 0.4) is 0 Å². The lowest BCUT2D eigenvalue weighted by Gasteiger charge is -2.30. The summed E-state index contributed by atoms with van der Waals surface area (Å²) in [6.45, 7) is 1.15. The van der Waals surface area contributed by atoms with Crippen LogP contribution < -0.4 is 0 Å². The summed E-state index contributed by atoms with van der Waals surface area (Å²) in [5.41, 5.74) is 0. The minimum absolute atomic E-state index is 0.150. The third-order valence-corrected chi connectivity index (χ3v) is 5.92. The second-order valence-corrected chi connectivity index (χ2v) is 7.67. The van der Waals surface area contributed by atoms with Gasteiger partial charge in [-0.05, 0) is 65.6 Å². The van der Waals surface area contributed by atoms with E-state index in [1.165, 1.54) is 4.31 Å². The Hall–Kier alpha value is -0.180. The van der Waals surface area contributed by atoms with Gasteiger partial charge < -0.3 is 5.11 Å². The number of benzene rings is 1. The van der Waals surface area contributed by atoms with Gasteiger partial charge in [-0.25, -0.2) is 8.42 Å². The van der Waals surface area contributed by atoms with Crippen molar-refractivity contribution in [3.8, 4) is 0 Å². The molecule has 100 valence electrons. The Balaban J connectivity index is 2.15. The van der Waals surface area contributed by atoms with Crippen molar-refractivity contribution in [3.63, 3.8) is 0 Å². The molecule has 0 unspecified atom stereocenters. The summed E-state index contributed by atoms with van der Waals surface area (Å²) >= 11 is 2.15. The zero-order valence-corrected chi connectivity index (χ0v) is 12.9. The van der Waals surface area contributed by atoms with Gasteiger partial charge in [0, 0.05) is 23.3 Å². The molecular formula is C12H16INO3S. The fourth-order valence-electron chi connectivity index (χ4n) is 2.09. The van der Waals surface area contributed by atoms with Crippen LogP contribution in [0, 0.1) is 9.49 Å². The summed E-state index contributed by atoms with van der Waals surface area (Å²) in [4.78, 5) is 0.352. The van der Waals surface area contributed by atoms with Gasteiger partial charge in [-0.15, -0.1) is 0 Å². The van der Waals surface area contributed by atoms with Gasteiger partial charge in [-0.2, -0.15) is 4.31 Å². The monoisotopic (exact) mass is 381 g/mol. The molecule has 0 atom stereocenters. The van der Waals surface area contributed by atoms with Gasteiger partial charge in [-0.1, -0.05) is 0 Å². The topological polar surface area (TPSA) is 57.6 Å². The standard InChI is InChI=1S/C12H16INO3S/c13-11-1-3-12(4-2-11)18(16,17)14-7-5-10(9-15)6-8-14/h1-4,10,15H,5-9H2. The Morgan fingerprint density at radius 1 is 1.22 bits per heavy atom. The maximum Gasteiger partial charge on any atom is 0.243 e. The molecule has 4 nitrogen and oxygen atoms in total. The number of hydrogen-bond acceptors (Lipinski definition) is 3. The lowest BCUT2D eigenvalue weighted by molar-refractivity contribution is 0.170. The molecule has 1 aromatic carbocycles. The van der Waals surface area contributed by atoms with Crippen molar-refractivity contribution in [2.45, 2.75) is 17.7 Å². The number of aliphatic hydroxyl groups excluding tert-OH is 1. The first-order chi connectivity index (χ1) is 8.54. The van der Waals surface area contributed by atoms with Crippen molar-refractivity contribution in [2.24, 2.45) is 5.92 Å². The summed E-state index contributed by atoms with van der Waals surface area (Å²) < 4.78 is 27.2. The zero-order chi connectivity index (χ0) is 13.2. The molecule has 2 rings (SSSR count). The molecule has 0 aromatic heterocycles. The highest BCUT2D eigenvalue weighted by molar-refractivity contribution is 14.1. The summed E-state index contributed by atoms with van der Waals surface area (Å²) in [6, 6.07) is 6.90. The lowest BCUT2D eigenvalue weighted by atomic mass is 10.00. The lowest BCUT2D eigenvalue weighted by Crippen LogP contribution is -2.39. The summed E-state index contributed by atoms with van der Waals surface area (Å²) in [5, 5.41) is 9.06. The normalized spacial score (nSPS) is 19.0. The molecule has 1 N–H and O–H groups in total. The maximum absolute atomic E-state index is 12.4. The number of sulfonamides is 1. The van der Waals surface area contributed by atoms with Crippen LogP contribution in [-0.4, -0.2) is 37.5 Å². The molecule has 6 heteroatoms. The fourth-order valence-corrected chi connectivity index (χ4v) is 3.92. The number of piperidine rings is 1. The first-order valence-corrected chi connectivity index (χ1v) is 8.42. The third kappa shape index (κ3) is 3.04. The molecule has 1 heterocycles. The SMILES string of the molecule is O=S(=O)(c1ccc(I)cc1)N1CCC(CO)CC1. The molecule has 1 fully saturated rings. The quantitative estimate of drug-likeness (QED) is 0.811. The van der Waals surface area contributed by atoms with E-state index in [-0.39, 0.29) is 12.5 Å². The van der Waals surface area contributed by atoms with Crippen molar-refractivity contribution in [3.05, 3.63) is 27.8 Å². The molecule has 18 heavy (non-hydrogen) atoms. The predicted octanol–water partition coefficient (Wildman–Crippen LogP) is 1.68. The number of aliphatic hydroxyl groups is 1. The van der Waals surface area contributed by atoms with Gasteiger partial charge >= 0.3 is 0 Å². The Bertz CT molecular complexity index is 493. The largest absolute Gasteiger partial charge is 0.396 e. The van der Waals surface area contributed by atoms with Crippen LogP contribution in [0.5, 0.6) is 0 Å². The summed E-state index contributed by atoms with van der Waals surface area (Å²) in [7, 11) is -3.36. The molecule has 1 aliphatic heterocycles. The Morgan fingerprint density at radius 2 is 1.78 bits per heavy atom. The molecule has 1 aliphatic rings. The molecule has 0 aliphatic carbocycles. The van der Waals surface area contributed by atoms with E-state index in [1.807, 2.05) is 0 Å². The molecule has 0 spiro atoms. The van der Waals surface area contributed by atoms with E-state index >= 15 is 0 Å². The van der Waals surface area contributed by atoms with Crippen molar-refractivity contribution in [2.75, 3.05) is 19.7 Å². The van der Waals surface area contributed by atoms with Crippen LogP contribution in [0.25, 0.3) is 0 Å². The molecule has 0 amide bonds. The number of nitrogens with zero attached hydrogens (tertiary/aromatic N) is 1. The Morgan fingerprint density at radius 3 is 2.28 bits per heavy atom. The Labute approximate surface area is 121 Å². The van der Waals surface area contributed by atoms with Gasteiger partial charge in [0.1, 0.15) is 0 Å². The number of hydrogen-bond donors (Lipinski definition) is 1. The van der Waals surface area contributed by atoms with E-state index in [1.54, 1.807) is 24.3 Å². The fraction of sp³-hybridized carbons (Fsp3) is 0.500. The minimum Gasteiger partial charge on any atom is -0.396 e. The first kappa shape index (κ1) is 14.2. The average Bonchev–Trinajstić information content (AvgIpc) is 2.39.